The Balaban J connectivity index is 1.41. The van der Waals surface area contributed by atoms with Crippen LogP contribution in [0.1, 0.15) is 87.8 Å². The molecule has 38 heavy (non-hydrogen) atoms. The Hall–Kier alpha value is -1.58. The molecule has 5 aliphatic carbocycles. The zero-order chi connectivity index (χ0) is 26.3. The van der Waals surface area contributed by atoms with Gasteiger partial charge in [0, 0.05) is 36.9 Å². The summed E-state index contributed by atoms with van der Waals surface area (Å²) >= 11 is 0. The number of phenols is 1. The average molecular weight is 519 g/mol. The molecule has 9 atom stereocenters. The van der Waals surface area contributed by atoms with E-state index >= 15 is 0 Å². The predicted molar refractivity (Wildman–Crippen MR) is 148 cm³/mol. The number of nitrogens with one attached hydrogen (secondary N) is 1. The molecule has 5 N–H and O–H groups in total. The number of hydrogen-bond acceptors (Lipinski definition) is 5. The summed E-state index contributed by atoms with van der Waals surface area (Å²) in [7, 11) is 1.98. The molecule has 0 aromatic heterocycles. The summed E-state index contributed by atoms with van der Waals surface area (Å²) in [4.78, 5) is 0. The second-order valence-corrected chi connectivity index (χ2v) is 14.3. The van der Waals surface area contributed by atoms with Crippen molar-refractivity contribution in [3.05, 3.63) is 28.8 Å². The number of aliphatic hydroxyl groups is 1. The monoisotopic (exact) mass is 518 g/mol. The summed E-state index contributed by atoms with van der Waals surface area (Å²) in [5, 5.41) is 24.6. The molecule has 1 aromatic carbocycles. The molecule has 5 nitrogen and oxygen atoms in total. The first-order valence-electron chi connectivity index (χ1n) is 15.3. The molecule has 1 aromatic rings. The molecule has 2 saturated heterocycles. The minimum Gasteiger partial charge on any atom is -0.508 e. The molecule has 0 amide bonds. The molecule has 7 aliphatic rings. The van der Waals surface area contributed by atoms with Crippen molar-refractivity contribution >= 4 is 0 Å². The normalized spacial score (nSPS) is 46.7. The summed E-state index contributed by atoms with van der Waals surface area (Å²) in [5.74, 6) is 9.07. The highest BCUT2D eigenvalue weighted by Crippen LogP contribution is 2.75. The van der Waals surface area contributed by atoms with Gasteiger partial charge in [-0.2, -0.15) is 0 Å². The van der Waals surface area contributed by atoms with Gasteiger partial charge in [0.05, 0.1) is 17.1 Å². The Morgan fingerprint density at radius 3 is 2.84 bits per heavy atom. The van der Waals surface area contributed by atoms with Crippen molar-refractivity contribution in [2.24, 2.45) is 40.7 Å². The van der Waals surface area contributed by atoms with Crippen molar-refractivity contribution in [3.63, 3.8) is 0 Å². The lowest BCUT2D eigenvalue weighted by molar-refractivity contribution is -0.381. The standard InChI is InChI=1S/C33H46N2O3/c1-30-11-5-12-31-13-10-25(19-36)33(34,29(30)31)28-9-4-7-22-16-26(37)17-23(18-35-2)27(22)15-21-6-3-8-24(14-21)32(28,20-31)38-30/h16-17,21,24-25,28-29,35-37H,3,5-8,10-15,18-20,34H2,1-2H3. The maximum Gasteiger partial charge on any atom is 0.116 e. The predicted octanol–water partition coefficient (Wildman–Crippen LogP) is 4.45. The van der Waals surface area contributed by atoms with Crippen LogP contribution < -0.4 is 11.1 Å². The van der Waals surface area contributed by atoms with Gasteiger partial charge in [0.2, 0.25) is 0 Å². The Labute approximate surface area is 228 Å². The lowest BCUT2D eigenvalue weighted by Gasteiger charge is -2.79. The maximum absolute atomic E-state index is 10.7. The van der Waals surface area contributed by atoms with Crippen LogP contribution in [0.25, 0.3) is 0 Å². The van der Waals surface area contributed by atoms with Crippen molar-refractivity contribution < 1.29 is 14.9 Å². The Bertz CT molecular complexity index is 1190. The van der Waals surface area contributed by atoms with E-state index in [2.05, 4.69) is 24.1 Å². The molecule has 5 heteroatoms. The van der Waals surface area contributed by atoms with Crippen LogP contribution in [0.4, 0.5) is 0 Å². The molecule has 4 saturated carbocycles. The lowest BCUT2D eigenvalue weighted by Crippen LogP contribution is -2.86. The van der Waals surface area contributed by atoms with Gasteiger partial charge in [-0.25, -0.2) is 0 Å². The first-order chi connectivity index (χ1) is 18.3. The van der Waals surface area contributed by atoms with E-state index in [1.54, 1.807) is 0 Å². The lowest BCUT2D eigenvalue weighted by atomic mass is 9.33. The van der Waals surface area contributed by atoms with Crippen LogP contribution in [-0.4, -0.2) is 40.6 Å². The topological polar surface area (TPSA) is 87.7 Å². The molecule has 9 unspecified atom stereocenters. The van der Waals surface area contributed by atoms with E-state index in [0.29, 0.717) is 24.0 Å². The van der Waals surface area contributed by atoms with Crippen molar-refractivity contribution in [1.82, 2.24) is 5.32 Å². The molecular formula is C33H46N2O3. The number of rotatable bonds is 3. The van der Waals surface area contributed by atoms with Crippen LogP contribution >= 0.6 is 0 Å². The third-order valence-electron chi connectivity index (χ3n) is 12.3. The van der Waals surface area contributed by atoms with Crippen LogP contribution in [0, 0.1) is 46.8 Å². The summed E-state index contributed by atoms with van der Waals surface area (Å²) in [6, 6.07) is 3.88. The molecule has 7 bridgehead atoms. The second-order valence-electron chi connectivity index (χ2n) is 14.3. The quantitative estimate of drug-likeness (QED) is 0.444. The molecule has 1 spiro atoms. The molecule has 6 fully saturated rings. The number of fused-ring (bicyclic) bond motifs is 3. The summed E-state index contributed by atoms with van der Waals surface area (Å²) in [5.41, 5.74) is 10.7. The number of hydrogen-bond donors (Lipinski definition) is 4. The van der Waals surface area contributed by atoms with Gasteiger partial charge in [-0.1, -0.05) is 31.1 Å². The van der Waals surface area contributed by atoms with Gasteiger partial charge < -0.3 is 26.0 Å². The van der Waals surface area contributed by atoms with E-state index in [1.807, 2.05) is 19.2 Å². The van der Waals surface area contributed by atoms with Gasteiger partial charge in [0.1, 0.15) is 5.75 Å². The van der Waals surface area contributed by atoms with Crippen LogP contribution in [0.3, 0.4) is 0 Å². The van der Waals surface area contributed by atoms with Crippen LogP contribution in [-0.2, 0) is 24.1 Å². The smallest absolute Gasteiger partial charge is 0.116 e. The first kappa shape index (κ1) is 25.4. The summed E-state index contributed by atoms with van der Waals surface area (Å²) in [6.07, 6.45) is 13.3. The van der Waals surface area contributed by atoms with E-state index in [1.165, 1.54) is 49.7 Å². The average Bonchev–Trinajstić information content (AvgIpc) is 2.88. The van der Waals surface area contributed by atoms with E-state index in [0.717, 1.165) is 44.2 Å². The summed E-state index contributed by atoms with van der Waals surface area (Å²) < 4.78 is 7.53. The van der Waals surface area contributed by atoms with Crippen molar-refractivity contribution in [3.8, 4) is 17.6 Å². The third kappa shape index (κ3) is 3.33. The van der Waals surface area contributed by atoms with Crippen LogP contribution in [0.5, 0.6) is 5.75 Å². The maximum atomic E-state index is 10.7. The number of aliphatic hydroxyl groups excluding tert-OH is 1. The fraction of sp³-hybridized carbons (Fsp3) is 0.758. The van der Waals surface area contributed by atoms with E-state index < -0.39 is 5.54 Å². The third-order valence-corrected chi connectivity index (χ3v) is 12.3. The SMILES string of the molecule is CNCc1cc(O)cc2c1CC1CCCC(C1)C13CC45CCCC(C)(O1)C4C(N)(C(CO)CC5)C3C#CC2. The zero-order valence-corrected chi connectivity index (χ0v) is 23.3. The van der Waals surface area contributed by atoms with E-state index in [9.17, 15) is 10.2 Å². The van der Waals surface area contributed by atoms with E-state index in [-0.39, 0.29) is 41.0 Å². The number of benzene rings is 1. The molecule has 2 heterocycles. The molecule has 2 aliphatic heterocycles. The highest BCUT2D eigenvalue weighted by molar-refractivity contribution is 5.45. The number of nitrogens with two attached hydrogens (primary N) is 1. The van der Waals surface area contributed by atoms with Gasteiger partial charge in [0.25, 0.3) is 0 Å². The van der Waals surface area contributed by atoms with Crippen molar-refractivity contribution in [1.29, 1.82) is 0 Å². The molecular weight excluding hydrogens is 472 g/mol. The van der Waals surface area contributed by atoms with Crippen molar-refractivity contribution in [2.75, 3.05) is 13.7 Å². The highest BCUT2D eigenvalue weighted by Gasteiger charge is 2.79. The summed E-state index contributed by atoms with van der Waals surface area (Å²) in [6.45, 7) is 3.26. The number of phenolic OH excluding ortho intramolecular Hbond substituents is 1. The minimum absolute atomic E-state index is 0.0591. The van der Waals surface area contributed by atoms with E-state index in [4.69, 9.17) is 10.5 Å². The van der Waals surface area contributed by atoms with Gasteiger partial charge in [0.15, 0.2) is 0 Å². The number of ether oxygens (including phenoxy) is 1. The first-order valence-corrected chi connectivity index (χ1v) is 15.3. The van der Waals surface area contributed by atoms with Crippen LogP contribution in [0.15, 0.2) is 12.1 Å². The van der Waals surface area contributed by atoms with Crippen LogP contribution in [0.2, 0.25) is 0 Å². The molecule has 0 radical (unpaired) electrons. The Morgan fingerprint density at radius 2 is 2.03 bits per heavy atom. The Kier molecular flexibility index (Phi) is 5.82. The Morgan fingerprint density at radius 1 is 1.16 bits per heavy atom. The fourth-order valence-electron chi connectivity index (χ4n) is 11.4. The molecule has 8 rings (SSSR count). The van der Waals surface area contributed by atoms with Crippen molar-refractivity contribution in [2.45, 2.75) is 107 Å². The minimum atomic E-state index is -0.522. The van der Waals surface area contributed by atoms with Gasteiger partial charge in [-0.15, -0.1) is 0 Å². The fourth-order valence-corrected chi connectivity index (χ4v) is 11.4. The van der Waals surface area contributed by atoms with Gasteiger partial charge >= 0.3 is 0 Å². The van der Waals surface area contributed by atoms with Gasteiger partial charge in [-0.05, 0) is 111 Å². The number of aromatic hydroxyl groups is 1. The zero-order valence-electron chi connectivity index (χ0n) is 23.3. The largest absolute Gasteiger partial charge is 0.508 e. The molecule has 206 valence electrons. The van der Waals surface area contributed by atoms with Gasteiger partial charge in [-0.3, -0.25) is 0 Å². The highest BCUT2D eigenvalue weighted by atomic mass is 16.5. The second kappa shape index (κ2) is 8.71.